The number of aliphatic carboxylic acids is 1. The van der Waals surface area contributed by atoms with Gasteiger partial charge in [-0.3, -0.25) is 4.79 Å². The van der Waals surface area contributed by atoms with E-state index in [-0.39, 0.29) is 12.3 Å². The SMILES string of the molecule is C=CCCC1(CC(=O)O)c2cc(OC)ccc2CC(NCC2CC2)C1C. The van der Waals surface area contributed by atoms with Crippen LogP contribution >= 0.6 is 0 Å². The summed E-state index contributed by atoms with van der Waals surface area (Å²) in [7, 11) is 1.66. The zero-order valence-electron chi connectivity index (χ0n) is 16.0. The molecular weight excluding hydrogens is 326 g/mol. The Hall–Kier alpha value is -1.81. The summed E-state index contributed by atoms with van der Waals surface area (Å²) < 4.78 is 5.45. The van der Waals surface area contributed by atoms with Crippen molar-refractivity contribution in [3.8, 4) is 5.75 Å². The van der Waals surface area contributed by atoms with Crippen LogP contribution in [0.15, 0.2) is 30.9 Å². The summed E-state index contributed by atoms with van der Waals surface area (Å²) in [5.74, 6) is 1.10. The number of nitrogens with one attached hydrogen (secondary N) is 1. The second kappa shape index (κ2) is 7.83. The molecule has 142 valence electrons. The Bertz CT molecular complexity index is 667. The van der Waals surface area contributed by atoms with Crippen molar-refractivity contribution in [2.75, 3.05) is 13.7 Å². The molecule has 4 nitrogen and oxygen atoms in total. The number of carbonyl (C=O) groups is 1. The van der Waals surface area contributed by atoms with Crippen LogP contribution in [-0.2, 0) is 16.6 Å². The molecule has 0 radical (unpaired) electrons. The number of fused-ring (bicyclic) bond motifs is 1. The summed E-state index contributed by atoms with van der Waals surface area (Å²) in [6, 6.07) is 6.48. The molecule has 4 heteroatoms. The first-order valence-electron chi connectivity index (χ1n) is 9.73. The molecule has 0 amide bonds. The monoisotopic (exact) mass is 357 g/mol. The van der Waals surface area contributed by atoms with Gasteiger partial charge in [-0.1, -0.05) is 19.1 Å². The van der Waals surface area contributed by atoms with E-state index in [1.54, 1.807) is 7.11 Å². The van der Waals surface area contributed by atoms with Crippen molar-refractivity contribution in [1.82, 2.24) is 5.32 Å². The number of carboxylic acid groups (broad SMARTS) is 1. The molecule has 2 aliphatic rings. The molecule has 2 N–H and O–H groups in total. The smallest absolute Gasteiger partial charge is 0.304 e. The molecule has 2 aliphatic carbocycles. The predicted molar refractivity (Wildman–Crippen MR) is 104 cm³/mol. The normalized spacial score (nSPS) is 27.6. The highest BCUT2D eigenvalue weighted by Gasteiger charge is 2.47. The van der Waals surface area contributed by atoms with Crippen LogP contribution in [-0.4, -0.2) is 30.8 Å². The topological polar surface area (TPSA) is 58.6 Å². The van der Waals surface area contributed by atoms with Gasteiger partial charge in [0.25, 0.3) is 0 Å². The summed E-state index contributed by atoms with van der Waals surface area (Å²) in [6.45, 7) is 7.14. The average molecular weight is 357 g/mol. The molecule has 0 spiro atoms. The van der Waals surface area contributed by atoms with Crippen molar-refractivity contribution in [2.24, 2.45) is 11.8 Å². The van der Waals surface area contributed by atoms with Crippen LogP contribution in [0.5, 0.6) is 5.75 Å². The first-order valence-corrected chi connectivity index (χ1v) is 9.73. The van der Waals surface area contributed by atoms with Gasteiger partial charge in [-0.2, -0.15) is 0 Å². The Balaban J connectivity index is 2.02. The van der Waals surface area contributed by atoms with E-state index in [1.807, 2.05) is 12.1 Å². The van der Waals surface area contributed by atoms with Crippen molar-refractivity contribution in [3.05, 3.63) is 42.0 Å². The third kappa shape index (κ3) is 3.80. The summed E-state index contributed by atoms with van der Waals surface area (Å²) in [5, 5.41) is 13.5. The Morgan fingerprint density at radius 1 is 1.46 bits per heavy atom. The quantitative estimate of drug-likeness (QED) is 0.657. The first kappa shape index (κ1) is 19.0. The molecule has 3 rings (SSSR count). The van der Waals surface area contributed by atoms with Gasteiger partial charge in [-0.15, -0.1) is 6.58 Å². The number of rotatable bonds is 9. The van der Waals surface area contributed by atoms with E-state index in [0.717, 1.165) is 43.0 Å². The summed E-state index contributed by atoms with van der Waals surface area (Å²) >= 11 is 0. The van der Waals surface area contributed by atoms with Crippen molar-refractivity contribution < 1.29 is 14.6 Å². The largest absolute Gasteiger partial charge is 0.497 e. The molecule has 1 saturated carbocycles. The zero-order chi connectivity index (χ0) is 18.7. The van der Waals surface area contributed by atoms with Gasteiger partial charge in [0, 0.05) is 11.5 Å². The Morgan fingerprint density at radius 2 is 2.23 bits per heavy atom. The van der Waals surface area contributed by atoms with Gasteiger partial charge in [0.15, 0.2) is 0 Å². The number of hydrogen-bond donors (Lipinski definition) is 2. The van der Waals surface area contributed by atoms with E-state index in [0.29, 0.717) is 6.04 Å². The second-order valence-corrected chi connectivity index (χ2v) is 8.03. The van der Waals surface area contributed by atoms with E-state index in [1.165, 1.54) is 18.4 Å². The van der Waals surface area contributed by atoms with Gasteiger partial charge in [-0.25, -0.2) is 0 Å². The van der Waals surface area contributed by atoms with Gasteiger partial charge in [0.05, 0.1) is 13.5 Å². The van der Waals surface area contributed by atoms with Crippen LogP contribution in [0, 0.1) is 11.8 Å². The summed E-state index contributed by atoms with van der Waals surface area (Å²) in [5.41, 5.74) is 2.00. The molecule has 1 aromatic rings. The molecule has 3 atom stereocenters. The number of benzene rings is 1. The van der Waals surface area contributed by atoms with Crippen molar-refractivity contribution in [3.63, 3.8) is 0 Å². The lowest BCUT2D eigenvalue weighted by molar-refractivity contribution is -0.139. The van der Waals surface area contributed by atoms with Crippen LogP contribution in [0.25, 0.3) is 0 Å². The molecule has 0 heterocycles. The lowest BCUT2D eigenvalue weighted by Crippen LogP contribution is -2.52. The average Bonchev–Trinajstić information content (AvgIpc) is 3.45. The molecule has 1 fully saturated rings. The van der Waals surface area contributed by atoms with Crippen LogP contribution < -0.4 is 10.1 Å². The fraction of sp³-hybridized carbons (Fsp3) is 0.591. The molecule has 3 unspecified atom stereocenters. The first-order chi connectivity index (χ1) is 12.5. The van der Waals surface area contributed by atoms with E-state index in [9.17, 15) is 9.90 Å². The highest BCUT2D eigenvalue weighted by atomic mass is 16.5. The third-order valence-electron chi connectivity index (χ3n) is 6.40. The molecule has 1 aromatic carbocycles. The lowest BCUT2D eigenvalue weighted by atomic mass is 9.58. The van der Waals surface area contributed by atoms with Crippen molar-refractivity contribution in [2.45, 2.75) is 56.9 Å². The fourth-order valence-electron chi connectivity index (χ4n) is 4.59. The second-order valence-electron chi connectivity index (χ2n) is 8.03. The highest BCUT2D eigenvalue weighted by Crippen LogP contribution is 2.48. The highest BCUT2D eigenvalue weighted by molar-refractivity contribution is 5.70. The van der Waals surface area contributed by atoms with E-state index in [2.05, 4.69) is 31.0 Å². The minimum absolute atomic E-state index is 0.143. The third-order valence-corrected chi connectivity index (χ3v) is 6.40. The van der Waals surface area contributed by atoms with Gasteiger partial charge < -0.3 is 15.2 Å². The molecular formula is C22H31NO3. The van der Waals surface area contributed by atoms with E-state index in [4.69, 9.17) is 4.74 Å². The Morgan fingerprint density at radius 3 is 2.85 bits per heavy atom. The van der Waals surface area contributed by atoms with Crippen LogP contribution in [0.1, 0.15) is 50.2 Å². The fourth-order valence-corrected chi connectivity index (χ4v) is 4.59. The van der Waals surface area contributed by atoms with Crippen LogP contribution in [0.2, 0.25) is 0 Å². The van der Waals surface area contributed by atoms with Gasteiger partial charge in [0.2, 0.25) is 0 Å². The summed E-state index contributed by atoms with van der Waals surface area (Å²) in [4.78, 5) is 11.9. The maximum Gasteiger partial charge on any atom is 0.304 e. The molecule has 0 aromatic heterocycles. The number of ether oxygens (including phenoxy) is 1. The number of carboxylic acids is 1. The lowest BCUT2D eigenvalue weighted by Gasteiger charge is -2.48. The van der Waals surface area contributed by atoms with Crippen LogP contribution in [0.3, 0.4) is 0 Å². The predicted octanol–water partition coefficient (Wildman–Crippen LogP) is 3.93. The van der Waals surface area contributed by atoms with Crippen molar-refractivity contribution >= 4 is 5.97 Å². The summed E-state index contributed by atoms with van der Waals surface area (Å²) in [6.07, 6.45) is 7.23. The number of hydrogen-bond acceptors (Lipinski definition) is 3. The zero-order valence-corrected chi connectivity index (χ0v) is 16.0. The maximum atomic E-state index is 11.9. The Labute approximate surface area is 156 Å². The number of methoxy groups -OCH3 is 1. The van der Waals surface area contributed by atoms with Gasteiger partial charge in [0.1, 0.15) is 5.75 Å². The van der Waals surface area contributed by atoms with Gasteiger partial charge in [-0.05, 0) is 73.7 Å². The van der Waals surface area contributed by atoms with Crippen LogP contribution in [0.4, 0.5) is 0 Å². The number of allylic oxidation sites excluding steroid dienone is 1. The maximum absolute atomic E-state index is 11.9. The molecule has 0 bridgehead atoms. The molecule has 0 aliphatic heterocycles. The minimum atomic E-state index is -0.738. The van der Waals surface area contributed by atoms with E-state index >= 15 is 0 Å². The van der Waals surface area contributed by atoms with Crippen molar-refractivity contribution in [1.29, 1.82) is 0 Å². The Kier molecular flexibility index (Phi) is 5.71. The molecule has 26 heavy (non-hydrogen) atoms. The van der Waals surface area contributed by atoms with E-state index < -0.39 is 11.4 Å². The standard InChI is InChI=1S/C22H31NO3/c1-4-5-10-22(13-21(24)25)15(2)20(23-14-16-6-7-16)11-17-8-9-18(26-3)12-19(17)22/h4,8-9,12,15-16,20,23H,1,5-7,10-11,13-14H2,2-3H3,(H,24,25). The molecule has 0 saturated heterocycles. The minimum Gasteiger partial charge on any atom is -0.497 e. The van der Waals surface area contributed by atoms with Gasteiger partial charge >= 0.3 is 5.97 Å².